The summed E-state index contributed by atoms with van der Waals surface area (Å²) in [4.78, 5) is 8.46. The summed E-state index contributed by atoms with van der Waals surface area (Å²) < 4.78 is 0. The van der Waals surface area contributed by atoms with E-state index in [4.69, 9.17) is 17.3 Å². The number of hydrogen-bond acceptors (Lipinski definition) is 2. The van der Waals surface area contributed by atoms with Crippen LogP contribution in [0.15, 0.2) is 23.3 Å². The maximum absolute atomic E-state index is 5.87. The molecule has 1 heterocycles. The maximum atomic E-state index is 5.87. The van der Waals surface area contributed by atoms with Gasteiger partial charge in [-0.1, -0.05) is 38.3 Å². The van der Waals surface area contributed by atoms with E-state index < -0.39 is 0 Å². The molecule has 1 atom stereocenters. The lowest BCUT2D eigenvalue weighted by molar-refractivity contribution is 0.493. The van der Waals surface area contributed by atoms with Crippen molar-refractivity contribution in [1.82, 2.24) is 10.3 Å². The van der Waals surface area contributed by atoms with Crippen LogP contribution in [0.3, 0.4) is 0 Å². The second kappa shape index (κ2) is 11.1. The van der Waals surface area contributed by atoms with Gasteiger partial charge in [0.2, 0.25) is 0 Å². The first-order valence-electron chi connectivity index (χ1n) is 7.14. The highest BCUT2D eigenvalue weighted by Gasteiger charge is 2.04. The molecule has 1 aromatic heterocycles. The molecule has 0 radical (unpaired) electrons. The average Bonchev–Trinajstić information content (AvgIpc) is 2.37. The van der Waals surface area contributed by atoms with Crippen molar-refractivity contribution >= 4 is 41.5 Å². The summed E-state index contributed by atoms with van der Waals surface area (Å²) >= 11 is 5.78. The second-order valence-electron chi connectivity index (χ2n) is 5.54. The molecule has 0 aromatic carbocycles. The van der Waals surface area contributed by atoms with Crippen molar-refractivity contribution in [2.75, 3.05) is 0 Å². The zero-order chi connectivity index (χ0) is 15.0. The van der Waals surface area contributed by atoms with Crippen LogP contribution >= 0.6 is 35.6 Å². The number of halogens is 2. The highest BCUT2D eigenvalue weighted by molar-refractivity contribution is 14.0. The third-order valence-electron chi connectivity index (χ3n) is 3.01. The van der Waals surface area contributed by atoms with Crippen LogP contribution in [-0.2, 0) is 6.54 Å². The smallest absolute Gasteiger partial charge is 0.189 e. The number of nitrogens with two attached hydrogens (primary N) is 1. The number of rotatable bonds is 7. The van der Waals surface area contributed by atoms with Crippen LogP contribution < -0.4 is 11.1 Å². The zero-order valence-corrected chi connectivity index (χ0v) is 16.1. The van der Waals surface area contributed by atoms with E-state index in [-0.39, 0.29) is 24.0 Å². The Hall–Kier alpha value is -0.560. The number of nitrogens with one attached hydrogen (secondary N) is 1. The van der Waals surface area contributed by atoms with Crippen LogP contribution in [0.25, 0.3) is 0 Å². The fourth-order valence-electron chi connectivity index (χ4n) is 1.87. The molecule has 0 bridgehead atoms. The van der Waals surface area contributed by atoms with Gasteiger partial charge in [-0.2, -0.15) is 0 Å². The van der Waals surface area contributed by atoms with E-state index in [1.54, 1.807) is 12.3 Å². The molecule has 4 nitrogen and oxygen atoms in total. The van der Waals surface area contributed by atoms with Crippen molar-refractivity contribution in [2.24, 2.45) is 16.6 Å². The van der Waals surface area contributed by atoms with E-state index in [0.717, 1.165) is 18.0 Å². The lowest BCUT2D eigenvalue weighted by Gasteiger charge is -2.15. The summed E-state index contributed by atoms with van der Waals surface area (Å²) in [5.41, 5.74) is 6.72. The summed E-state index contributed by atoms with van der Waals surface area (Å²) in [6, 6.07) is 4.00. The van der Waals surface area contributed by atoms with Gasteiger partial charge in [0.15, 0.2) is 5.96 Å². The van der Waals surface area contributed by atoms with Gasteiger partial charge in [-0.25, -0.2) is 4.99 Å². The Balaban J connectivity index is 0.00000400. The van der Waals surface area contributed by atoms with E-state index in [1.165, 1.54) is 12.8 Å². The quantitative estimate of drug-likeness (QED) is 0.395. The van der Waals surface area contributed by atoms with E-state index >= 15 is 0 Å². The number of aliphatic imine (C=N–C) groups is 1. The van der Waals surface area contributed by atoms with Crippen molar-refractivity contribution in [1.29, 1.82) is 0 Å². The van der Waals surface area contributed by atoms with Gasteiger partial charge < -0.3 is 11.1 Å². The predicted molar refractivity (Wildman–Crippen MR) is 101 cm³/mol. The third kappa shape index (κ3) is 9.90. The van der Waals surface area contributed by atoms with Crippen LogP contribution in [0.1, 0.15) is 45.7 Å². The van der Waals surface area contributed by atoms with Gasteiger partial charge in [0.1, 0.15) is 0 Å². The monoisotopic (exact) mass is 424 g/mol. The molecule has 21 heavy (non-hydrogen) atoms. The summed E-state index contributed by atoms with van der Waals surface area (Å²) in [6.45, 7) is 7.08. The predicted octanol–water partition coefficient (Wildman–Crippen LogP) is 3.97. The van der Waals surface area contributed by atoms with Crippen LogP contribution in [-0.4, -0.2) is 17.0 Å². The van der Waals surface area contributed by atoms with Crippen molar-refractivity contribution in [3.05, 3.63) is 29.0 Å². The molecule has 0 saturated carbocycles. The topological polar surface area (TPSA) is 63.3 Å². The first-order chi connectivity index (χ1) is 9.47. The van der Waals surface area contributed by atoms with Gasteiger partial charge in [0, 0.05) is 12.2 Å². The molecule has 0 aliphatic rings. The van der Waals surface area contributed by atoms with Gasteiger partial charge in [-0.3, -0.25) is 4.98 Å². The minimum Gasteiger partial charge on any atom is -0.370 e. The standard InChI is InChI=1S/C15H25ClN4.HI/c1-11(2)5-4-6-12(3)20-15(17)19-10-14-8-7-13(16)9-18-14;/h7-9,11-12H,4-6,10H2,1-3H3,(H3,17,19,20);1H. The molecule has 120 valence electrons. The molecule has 0 amide bonds. The molecule has 6 heteroatoms. The van der Waals surface area contributed by atoms with Crippen LogP contribution in [0.2, 0.25) is 5.02 Å². The molecule has 3 N–H and O–H groups in total. The van der Waals surface area contributed by atoms with Crippen molar-refractivity contribution in [2.45, 2.75) is 52.6 Å². The van der Waals surface area contributed by atoms with Crippen LogP contribution in [0.4, 0.5) is 0 Å². The molecule has 0 spiro atoms. The number of nitrogens with zero attached hydrogens (tertiary/aromatic N) is 2. The van der Waals surface area contributed by atoms with Gasteiger partial charge in [-0.15, -0.1) is 24.0 Å². The van der Waals surface area contributed by atoms with E-state index in [0.29, 0.717) is 23.6 Å². The summed E-state index contributed by atoms with van der Waals surface area (Å²) in [6.07, 6.45) is 5.17. The Morgan fingerprint density at radius 2 is 2.05 bits per heavy atom. The minimum absolute atomic E-state index is 0. The first kappa shape index (κ1) is 20.4. The van der Waals surface area contributed by atoms with E-state index in [1.807, 2.05) is 6.07 Å². The van der Waals surface area contributed by atoms with Gasteiger partial charge >= 0.3 is 0 Å². The van der Waals surface area contributed by atoms with Gasteiger partial charge in [0.25, 0.3) is 0 Å². The van der Waals surface area contributed by atoms with Gasteiger partial charge in [-0.05, 0) is 31.4 Å². The largest absolute Gasteiger partial charge is 0.370 e. The normalized spacial score (nSPS) is 12.9. The van der Waals surface area contributed by atoms with Crippen LogP contribution in [0.5, 0.6) is 0 Å². The molecule has 0 aliphatic carbocycles. The summed E-state index contributed by atoms with van der Waals surface area (Å²) in [5, 5.41) is 3.84. The molecular formula is C15H26ClIN4. The van der Waals surface area contributed by atoms with Crippen molar-refractivity contribution in [3.63, 3.8) is 0 Å². The van der Waals surface area contributed by atoms with Crippen molar-refractivity contribution in [3.8, 4) is 0 Å². The average molecular weight is 425 g/mol. The SMILES string of the molecule is CC(C)CCCC(C)NC(N)=NCc1ccc(Cl)cn1.I. The summed E-state index contributed by atoms with van der Waals surface area (Å²) in [5.74, 6) is 1.22. The minimum atomic E-state index is 0. The molecule has 1 aromatic rings. The Morgan fingerprint density at radius 1 is 1.33 bits per heavy atom. The Bertz CT molecular complexity index is 420. The molecule has 1 rings (SSSR count). The third-order valence-corrected chi connectivity index (χ3v) is 3.24. The lowest BCUT2D eigenvalue weighted by atomic mass is 10.0. The van der Waals surface area contributed by atoms with E-state index in [2.05, 4.69) is 36.1 Å². The first-order valence-corrected chi connectivity index (χ1v) is 7.52. The molecule has 0 fully saturated rings. The van der Waals surface area contributed by atoms with Crippen LogP contribution in [0, 0.1) is 5.92 Å². The fourth-order valence-corrected chi connectivity index (χ4v) is 1.98. The Morgan fingerprint density at radius 3 is 2.62 bits per heavy atom. The molecule has 0 saturated heterocycles. The van der Waals surface area contributed by atoms with Gasteiger partial charge in [0.05, 0.1) is 17.3 Å². The van der Waals surface area contributed by atoms with E-state index in [9.17, 15) is 0 Å². The lowest BCUT2D eigenvalue weighted by Crippen LogP contribution is -2.38. The summed E-state index contributed by atoms with van der Waals surface area (Å²) in [7, 11) is 0. The highest BCUT2D eigenvalue weighted by atomic mass is 127. The number of aromatic nitrogens is 1. The number of guanidine groups is 1. The number of hydrogen-bond donors (Lipinski definition) is 2. The highest BCUT2D eigenvalue weighted by Crippen LogP contribution is 2.08. The second-order valence-corrected chi connectivity index (χ2v) is 5.98. The molecular weight excluding hydrogens is 399 g/mol. The maximum Gasteiger partial charge on any atom is 0.189 e. The number of pyridine rings is 1. The molecule has 0 aliphatic heterocycles. The fraction of sp³-hybridized carbons (Fsp3) is 0.600. The Kier molecular flexibility index (Phi) is 10.8. The zero-order valence-electron chi connectivity index (χ0n) is 13.0. The van der Waals surface area contributed by atoms with Crippen molar-refractivity contribution < 1.29 is 0 Å². The Labute approximate surface area is 150 Å². The molecule has 1 unspecified atom stereocenters.